The zero-order valence-electron chi connectivity index (χ0n) is 10.2. The number of alkyl halides is 3. The lowest BCUT2D eigenvalue weighted by molar-refractivity contribution is -0.234. The lowest BCUT2D eigenvalue weighted by Gasteiger charge is -2.26. The average Bonchev–Trinajstić information content (AvgIpc) is 2.91. The Morgan fingerprint density at radius 2 is 1.67 bits per heavy atom. The summed E-state index contributed by atoms with van der Waals surface area (Å²) in [7, 11) is 0. The summed E-state index contributed by atoms with van der Waals surface area (Å²) in [6, 6.07) is -0.536. The van der Waals surface area contributed by atoms with Gasteiger partial charge < -0.3 is 9.57 Å². The highest BCUT2D eigenvalue weighted by Crippen LogP contribution is 2.30. The van der Waals surface area contributed by atoms with Gasteiger partial charge in [-0.1, -0.05) is 0 Å². The number of rotatable bonds is 1. The standard InChI is InChI=1S/C10H14F3NO4/c1-9(2,3)17-8(16)14(6-4-5-6)18-7(15)10(11,12)13/h6H,4-5H2,1-3H3. The number of halogens is 3. The summed E-state index contributed by atoms with van der Waals surface area (Å²) in [5.41, 5.74) is -0.880. The zero-order valence-corrected chi connectivity index (χ0v) is 10.2. The van der Waals surface area contributed by atoms with Crippen molar-refractivity contribution in [2.75, 3.05) is 0 Å². The Bertz CT molecular complexity index is 344. The molecule has 1 fully saturated rings. The second-order valence-electron chi connectivity index (χ2n) is 4.91. The van der Waals surface area contributed by atoms with Crippen LogP contribution in [0.4, 0.5) is 18.0 Å². The Hall–Kier alpha value is -1.47. The van der Waals surface area contributed by atoms with Gasteiger partial charge >= 0.3 is 18.2 Å². The number of hydroxylamine groups is 2. The minimum absolute atomic E-state index is 0.362. The molecule has 5 nitrogen and oxygen atoms in total. The van der Waals surface area contributed by atoms with Crippen molar-refractivity contribution in [3.8, 4) is 0 Å². The topological polar surface area (TPSA) is 55.8 Å². The van der Waals surface area contributed by atoms with Crippen molar-refractivity contribution in [3.63, 3.8) is 0 Å². The highest BCUT2D eigenvalue weighted by molar-refractivity contribution is 5.78. The molecule has 1 saturated carbocycles. The zero-order chi connectivity index (χ0) is 14.1. The summed E-state index contributed by atoms with van der Waals surface area (Å²) in [6.45, 7) is 4.67. The second-order valence-corrected chi connectivity index (χ2v) is 4.91. The van der Waals surface area contributed by atoms with Gasteiger partial charge in [0.1, 0.15) is 5.60 Å². The molecule has 0 bridgehead atoms. The van der Waals surface area contributed by atoms with Gasteiger partial charge in [-0.25, -0.2) is 9.59 Å². The lowest BCUT2D eigenvalue weighted by atomic mass is 10.2. The van der Waals surface area contributed by atoms with Crippen LogP contribution >= 0.6 is 0 Å². The molecule has 0 radical (unpaired) electrons. The van der Waals surface area contributed by atoms with Crippen LogP contribution in [-0.2, 0) is 14.4 Å². The second kappa shape index (κ2) is 4.66. The van der Waals surface area contributed by atoms with Gasteiger partial charge in [0.25, 0.3) is 0 Å². The summed E-state index contributed by atoms with van der Waals surface area (Å²) in [5, 5.41) is 0.362. The molecule has 1 aliphatic carbocycles. The predicted molar refractivity (Wildman–Crippen MR) is 53.2 cm³/mol. The van der Waals surface area contributed by atoms with Gasteiger partial charge in [0.05, 0.1) is 6.04 Å². The predicted octanol–water partition coefficient (Wildman–Crippen LogP) is 2.41. The van der Waals surface area contributed by atoms with Crippen LogP contribution in [0.15, 0.2) is 0 Å². The molecule has 0 spiro atoms. The summed E-state index contributed by atoms with van der Waals surface area (Å²) < 4.78 is 41.0. The van der Waals surface area contributed by atoms with E-state index in [1.165, 1.54) is 0 Å². The van der Waals surface area contributed by atoms with Crippen molar-refractivity contribution in [2.45, 2.75) is 51.4 Å². The van der Waals surface area contributed by atoms with Crippen LogP contribution in [0.3, 0.4) is 0 Å². The molecule has 0 aliphatic heterocycles. The van der Waals surface area contributed by atoms with E-state index in [2.05, 4.69) is 4.84 Å². The van der Waals surface area contributed by atoms with Crippen LogP contribution in [0, 0.1) is 0 Å². The highest BCUT2D eigenvalue weighted by Gasteiger charge is 2.47. The number of ether oxygens (including phenoxy) is 1. The molecular weight excluding hydrogens is 255 g/mol. The summed E-state index contributed by atoms with van der Waals surface area (Å²) in [5.74, 6) is -2.43. The summed E-state index contributed by atoms with van der Waals surface area (Å²) in [6.07, 6.45) is -5.29. The van der Waals surface area contributed by atoms with Crippen molar-refractivity contribution < 1.29 is 32.3 Å². The van der Waals surface area contributed by atoms with Gasteiger partial charge in [-0.15, -0.1) is 5.06 Å². The van der Waals surface area contributed by atoms with E-state index in [1.807, 2.05) is 0 Å². The molecule has 0 aromatic heterocycles. The van der Waals surface area contributed by atoms with E-state index in [0.29, 0.717) is 17.9 Å². The van der Waals surface area contributed by atoms with Crippen molar-refractivity contribution in [1.29, 1.82) is 0 Å². The third kappa shape index (κ3) is 4.42. The molecule has 104 valence electrons. The summed E-state index contributed by atoms with van der Waals surface area (Å²) >= 11 is 0. The van der Waals surface area contributed by atoms with Crippen molar-refractivity contribution in [2.24, 2.45) is 0 Å². The third-order valence-corrected chi connectivity index (χ3v) is 1.86. The van der Waals surface area contributed by atoms with E-state index in [1.54, 1.807) is 20.8 Å². The summed E-state index contributed by atoms with van der Waals surface area (Å²) in [4.78, 5) is 26.3. The molecule has 0 aromatic rings. The molecule has 0 N–H and O–H groups in total. The van der Waals surface area contributed by atoms with Crippen LogP contribution in [0.2, 0.25) is 0 Å². The van der Waals surface area contributed by atoms with Gasteiger partial charge in [-0.3, -0.25) is 0 Å². The number of carbonyl (C=O) groups excluding carboxylic acids is 2. The maximum absolute atomic E-state index is 12.0. The number of hydrogen-bond acceptors (Lipinski definition) is 4. The van der Waals surface area contributed by atoms with Gasteiger partial charge in [0, 0.05) is 0 Å². The van der Waals surface area contributed by atoms with E-state index in [4.69, 9.17) is 4.74 Å². The molecule has 0 aromatic carbocycles. The quantitative estimate of drug-likeness (QED) is 0.686. The van der Waals surface area contributed by atoms with Crippen LogP contribution in [0.5, 0.6) is 0 Å². The van der Waals surface area contributed by atoms with E-state index in [0.717, 1.165) is 0 Å². The number of carbonyl (C=O) groups is 2. The average molecular weight is 269 g/mol. The van der Waals surface area contributed by atoms with Gasteiger partial charge in [0.15, 0.2) is 0 Å². The van der Waals surface area contributed by atoms with Crippen molar-refractivity contribution in [1.82, 2.24) is 5.06 Å². The molecule has 0 unspecified atom stereocenters. The molecule has 0 atom stereocenters. The number of nitrogens with zero attached hydrogens (tertiary/aromatic N) is 1. The molecule has 1 amide bonds. The molecule has 18 heavy (non-hydrogen) atoms. The number of hydrogen-bond donors (Lipinski definition) is 0. The Kier molecular flexibility index (Phi) is 3.78. The largest absolute Gasteiger partial charge is 0.493 e. The van der Waals surface area contributed by atoms with Crippen LogP contribution in [0.1, 0.15) is 33.6 Å². The Labute approximate surface area is 102 Å². The first-order valence-corrected chi connectivity index (χ1v) is 5.32. The van der Waals surface area contributed by atoms with E-state index in [9.17, 15) is 22.8 Å². The Balaban J connectivity index is 2.66. The smallest absolute Gasteiger partial charge is 0.442 e. The minimum Gasteiger partial charge on any atom is -0.442 e. The molecule has 0 saturated heterocycles. The fourth-order valence-corrected chi connectivity index (χ4v) is 1.02. The normalized spacial score (nSPS) is 16.1. The van der Waals surface area contributed by atoms with Crippen LogP contribution in [0.25, 0.3) is 0 Å². The number of amides is 1. The van der Waals surface area contributed by atoms with Crippen molar-refractivity contribution >= 4 is 12.1 Å². The SMILES string of the molecule is CC(C)(C)OC(=O)N(OC(=O)C(F)(F)F)C1CC1. The molecule has 1 rings (SSSR count). The molecule has 8 heteroatoms. The lowest BCUT2D eigenvalue weighted by Crippen LogP contribution is -2.42. The first kappa shape index (κ1) is 14.6. The first-order chi connectivity index (χ1) is 8.00. The van der Waals surface area contributed by atoms with Crippen LogP contribution < -0.4 is 0 Å². The van der Waals surface area contributed by atoms with Gasteiger partial charge in [0.2, 0.25) is 0 Å². The first-order valence-electron chi connectivity index (χ1n) is 5.32. The highest BCUT2D eigenvalue weighted by atomic mass is 19.4. The maximum atomic E-state index is 12.0. The Morgan fingerprint density at radius 3 is 2.00 bits per heavy atom. The fourth-order valence-electron chi connectivity index (χ4n) is 1.02. The maximum Gasteiger partial charge on any atom is 0.493 e. The van der Waals surface area contributed by atoms with E-state index >= 15 is 0 Å². The minimum atomic E-state index is -5.14. The van der Waals surface area contributed by atoms with Crippen molar-refractivity contribution in [3.05, 3.63) is 0 Å². The molecule has 1 aliphatic rings. The van der Waals surface area contributed by atoms with Crippen LogP contribution in [-0.4, -0.2) is 34.9 Å². The van der Waals surface area contributed by atoms with Gasteiger partial charge in [-0.05, 0) is 33.6 Å². The molecule has 0 heterocycles. The molecular formula is C10H14F3NO4. The van der Waals surface area contributed by atoms with E-state index < -0.39 is 29.9 Å². The Morgan fingerprint density at radius 1 is 1.17 bits per heavy atom. The fraction of sp³-hybridized carbons (Fsp3) is 0.800. The van der Waals surface area contributed by atoms with E-state index in [-0.39, 0.29) is 0 Å². The monoisotopic (exact) mass is 269 g/mol. The van der Waals surface area contributed by atoms with Gasteiger partial charge in [-0.2, -0.15) is 13.2 Å². The third-order valence-electron chi connectivity index (χ3n) is 1.86.